The average Bonchev–Trinajstić information content (AvgIpc) is 2.36. The van der Waals surface area contributed by atoms with Crippen LogP contribution in [0.3, 0.4) is 0 Å². The molecule has 0 unspecified atom stereocenters. The van der Waals surface area contributed by atoms with Crippen molar-refractivity contribution in [3.8, 4) is 5.75 Å². The van der Waals surface area contributed by atoms with Gasteiger partial charge in [0, 0.05) is 24.7 Å². The SMILES string of the molecule is Cc1cc(Cl)ccc1OC[C@@H](O)CN1C[C@@H](C)O[C@H](C)C1. The summed E-state index contributed by atoms with van der Waals surface area (Å²) in [5.74, 6) is 0.766. The molecule has 1 N–H and O–H groups in total. The van der Waals surface area contributed by atoms with Crippen molar-refractivity contribution in [3.05, 3.63) is 28.8 Å². The molecule has 0 aromatic heterocycles. The lowest BCUT2D eigenvalue weighted by Gasteiger charge is -2.36. The van der Waals surface area contributed by atoms with E-state index >= 15 is 0 Å². The number of aliphatic hydroxyl groups excluding tert-OH is 1. The van der Waals surface area contributed by atoms with Crippen LogP contribution >= 0.6 is 11.6 Å². The Balaban J connectivity index is 1.80. The molecule has 1 aromatic carbocycles. The third-order valence-electron chi connectivity index (χ3n) is 3.53. The largest absolute Gasteiger partial charge is 0.491 e. The fraction of sp³-hybridized carbons (Fsp3) is 0.625. The minimum absolute atomic E-state index is 0.209. The van der Waals surface area contributed by atoms with E-state index in [4.69, 9.17) is 21.1 Å². The minimum Gasteiger partial charge on any atom is -0.491 e. The van der Waals surface area contributed by atoms with Gasteiger partial charge in [0.2, 0.25) is 0 Å². The Morgan fingerprint density at radius 1 is 1.38 bits per heavy atom. The summed E-state index contributed by atoms with van der Waals surface area (Å²) in [5, 5.41) is 10.8. The molecular weight excluding hydrogens is 290 g/mol. The van der Waals surface area contributed by atoms with Crippen molar-refractivity contribution in [3.63, 3.8) is 0 Å². The van der Waals surface area contributed by atoms with Crippen molar-refractivity contribution >= 4 is 11.6 Å². The summed E-state index contributed by atoms with van der Waals surface area (Å²) in [6, 6.07) is 5.49. The number of β-amino-alcohol motifs (C(OH)–C–C–N with tert-alkyl or cyclic N) is 1. The molecule has 3 atom stereocenters. The van der Waals surface area contributed by atoms with Crippen LogP contribution in [0, 0.1) is 6.92 Å². The van der Waals surface area contributed by atoms with Gasteiger partial charge in [-0.05, 0) is 44.5 Å². The molecule has 118 valence electrons. The van der Waals surface area contributed by atoms with Crippen molar-refractivity contribution in [2.24, 2.45) is 0 Å². The third-order valence-corrected chi connectivity index (χ3v) is 3.77. The maximum Gasteiger partial charge on any atom is 0.122 e. The molecule has 1 aliphatic heterocycles. The predicted octanol–water partition coefficient (Wildman–Crippen LogP) is 2.50. The summed E-state index contributed by atoms with van der Waals surface area (Å²) in [4.78, 5) is 2.22. The molecule has 0 amide bonds. The number of hydrogen-bond donors (Lipinski definition) is 1. The van der Waals surface area contributed by atoms with Crippen molar-refractivity contribution in [1.82, 2.24) is 4.90 Å². The zero-order valence-electron chi connectivity index (χ0n) is 12.9. The van der Waals surface area contributed by atoms with Crippen LogP contribution < -0.4 is 4.74 Å². The standard InChI is InChI=1S/C16H24ClNO3/c1-11-6-14(17)4-5-16(11)20-10-15(19)9-18-7-12(2)21-13(3)8-18/h4-6,12-13,15,19H,7-10H2,1-3H3/t12-,13-,15+/m1/s1. The molecule has 1 fully saturated rings. The molecule has 0 bridgehead atoms. The number of nitrogens with zero attached hydrogens (tertiary/aromatic N) is 1. The average molecular weight is 314 g/mol. The first-order chi connectivity index (χ1) is 9.94. The Morgan fingerprint density at radius 2 is 2.05 bits per heavy atom. The van der Waals surface area contributed by atoms with Gasteiger partial charge in [-0.1, -0.05) is 11.6 Å². The van der Waals surface area contributed by atoms with Crippen LogP contribution in [0.5, 0.6) is 5.75 Å². The van der Waals surface area contributed by atoms with E-state index < -0.39 is 6.10 Å². The van der Waals surface area contributed by atoms with E-state index in [0.717, 1.165) is 24.4 Å². The van der Waals surface area contributed by atoms with Gasteiger partial charge >= 0.3 is 0 Å². The van der Waals surface area contributed by atoms with E-state index in [1.165, 1.54) is 0 Å². The highest BCUT2D eigenvalue weighted by molar-refractivity contribution is 6.30. The summed E-state index contributed by atoms with van der Waals surface area (Å²) < 4.78 is 11.4. The number of morpholine rings is 1. The van der Waals surface area contributed by atoms with Gasteiger partial charge in [0.15, 0.2) is 0 Å². The number of ether oxygens (including phenoxy) is 2. The molecule has 0 spiro atoms. The highest BCUT2D eigenvalue weighted by atomic mass is 35.5. The van der Waals surface area contributed by atoms with E-state index in [9.17, 15) is 5.11 Å². The Hall–Kier alpha value is -0.810. The molecule has 1 aliphatic rings. The molecule has 1 heterocycles. The Kier molecular flexibility index (Phi) is 5.88. The van der Waals surface area contributed by atoms with Crippen LogP contribution in [0.1, 0.15) is 19.4 Å². The first kappa shape index (κ1) is 16.6. The van der Waals surface area contributed by atoms with Crippen molar-refractivity contribution in [2.45, 2.75) is 39.1 Å². The quantitative estimate of drug-likeness (QED) is 0.907. The second kappa shape index (κ2) is 7.45. The van der Waals surface area contributed by atoms with Crippen LogP contribution in [-0.4, -0.2) is 54.6 Å². The number of aliphatic hydroxyl groups is 1. The molecule has 1 saturated heterocycles. The molecule has 2 rings (SSSR count). The number of benzene rings is 1. The maximum atomic E-state index is 10.1. The first-order valence-electron chi connectivity index (χ1n) is 7.39. The Bertz CT molecular complexity index is 459. The van der Waals surface area contributed by atoms with Crippen molar-refractivity contribution < 1.29 is 14.6 Å². The summed E-state index contributed by atoms with van der Waals surface area (Å²) in [7, 11) is 0. The molecule has 0 aliphatic carbocycles. The zero-order chi connectivity index (χ0) is 15.4. The van der Waals surface area contributed by atoms with E-state index in [1.54, 1.807) is 6.07 Å². The topological polar surface area (TPSA) is 41.9 Å². The zero-order valence-corrected chi connectivity index (χ0v) is 13.6. The van der Waals surface area contributed by atoms with Crippen molar-refractivity contribution in [2.75, 3.05) is 26.2 Å². The van der Waals surface area contributed by atoms with Crippen LogP contribution in [0.15, 0.2) is 18.2 Å². The van der Waals surface area contributed by atoms with Gasteiger partial charge < -0.3 is 14.6 Å². The van der Waals surface area contributed by atoms with Crippen LogP contribution in [0.4, 0.5) is 0 Å². The van der Waals surface area contributed by atoms with Gasteiger partial charge in [0.25, 0.3) is 0 Å². The highest BCUT2D eigenvalue weighted by Crippen LogP contribution is 2.22. The van der Waals surface area contributed by atoms with Crippen LogP contribution in [-0.2, 0) is 4.74 Å². The summed E-state index contributed by atoms with van der Waals surface area (Å²) in [5.41, 5.74) is 0.975. The monoisotopic (exact) mass is 313 g/mol. The smallest absolute Gasteiger partial charge is 0.122 e. The van der Waals surface area contributed by atoms with Gasteiger partial charge in [-0.3, -0.25) is 4.90 Å². The summed E-state index contributed by atoms with van der Waals surface area (Å²) >= 11 is 5.91. The maximum absolute atomic E-state index is 10.1. The second-order valence-electron chi connectivity index (χ2n) is 5.85. The predicted molar refractivity (Wildman–Crippen MR) is 84.1 cm³/mol. The lowest BCUT2D eigenvalue weighted by atomic mass is 10.2. The highest BCUT2D eigenvalue weighted by Gasteiger charge is 2.23. The lowest BCUT2D eigenvalue weighted by Crippen LogP contribution is -2.48. The number of rotatable bonds is 5. The van der Waals surface area contributed by atoms with Crippen LogP contribution in [0.25, 0.3) is 0 Å². The minimum atomic E-state index is -0.516. The lowest BCUT2D eigenvalue weighted by molar-refractivity contribution is -0.0786. The molecule has 0 saturated carbocycles. The van der Waals surface area contributed by atoms with Gasteiger partial charge in [-0.25, -0.2) is 0 Å². The summed E-state index contributed by atoms with van der Waals surface area (Å²) in [6.45, 7) is 8.64. The van der Waals surface area contributed by atoms with Crippen LogP contribution in [0.2, 0.25) is 5.02 Å². The fourth-order valence-electron chi connectivity index (χ4n) is 2.74. The molecule has 21 heavy (non-hydrogen) atoms. The molecule has 4 nitrogen and oxygen atoms in total. The van der Waals surface area contributed by atoms with E-state index in [1.807, 2.05) is 19.1 Å². The molecule has 0 radical (unpaired) electrons. The Labute approximate surface area is 131 Å². The molecule has 1 aromatic rings. The van der Waals surface area contributed by atoms with E-state index in [0.29, 0.717) is 11.6 Å². The van der Waals surface area contributed by atoms with Gasteiger partial charge in [0.1, 0.15) is 18.5 Å². The third kappa shape index (κ3) is 5.15. The molecule has 5 heteroatoms. The number of halogens is 1. The van der Waals surface area contributed by atoms with Gasteiger partial charge in [-0.15, -0.1) is 0 Å². The number of hydrogen-bond acceptors (Lipinski definition) is 4. The molecular formula is C16H24ClNO3. The summed E-state index contributed by atoms with van der Waals surface area (Å²) in [6.07, 6.45) is -0.0988. The first-order valence-corrected chi connectivity index (χ1v) is 7.76. The van der Waals surface area contributed by atoms with Crippen molar-refractivity contribution in [1.29, 1.82) is 0 Å². The van der Waals surface area contributed by atoms with Gasteiger partial charge in [-0.2, -0.15) is 0 Å². The second-order valence-corrected chi connectivity index (χ2v) is 6.29. The van der Waals surface area contributed by atoms with E-state index in [2.05, 4.69) is 18.7 Å². The Morgan fingerprint density at radius 3 is 2.67 bits per heavy atom. The van der Waals surface area contributed by atoms with E-state index in [-0.39, 0.29) is 18.8 Å². The number of aryl methyl sites for hydroxylation is 1. The van der Waals surface area contributed by atoms with Gasteiger partial charge in [0.05, 0.1) is 12.2 Å². The normalized spacial score (nSPS) is 24.8. The fourth-order valence-corrected chi connectivity index (χ4v) is 2.97.